The van der Waals surface area contributed by atoms with E-state index >= 15 is 0 Å². The Bertz CT molecular complexity index is 530. The minimum Gasteiger partial charge on any atom is -0.340 e. The first-order valence-corrected chi connectivity index (χ1v) is 6.38. The lowest BCUT2D eigenvalue weighted by Gasteiger charge is -2.05. The maximum atomic E-state index is 12.9. The molecule has 0 radical (unpaired) electrons. The Hall–Kier alpha value is -1.27. The second-order valence-corrected chi connectivity index (χ2v) is 4.75. The highest BCUT2D eigenvalue weighted by molar-refractivity contribution is 9.10. The average molecular weight is 314 g/mol. The second-order valence-electron chi connectivity index (χ2n) is 3.89. The number of aromatic nitrogens is 2. The molecule has 0 amide bonds. The van der Waals surface area contributed by atoms with Crippen LogP contribution in [0, 0.1) is 12.7 Å². The number of nitrogens with one attached hydrogen (secondary N) is 1. The maximum absolute atomic E-state index is 12.9. The van der Waals surface area contributed by atoms with Gasteiger partial charge in [-0.25, -0.2) is 4.39 Å². The first-order valence-electron chi connectivity index (χ1n) is 5.59. The first kappa shape index (κ1) is 13.2. The Morgan fingerprint density at radius 3 is 2.94 bits per heavy atom. The van der Waals surface area contributed by atoms with Crippen molar-refractivity contribution in [3.8, 4) is 0 Å². The van der Waals surface area contributed by atoms with Crippen molar-refractivity contribution in [1.82, 2.24) is 15.5 Å². The third-order valence-corrected chi connectivity index (χ3v) is 3.16. The standard InChI is InChI=1S/C12H13BrFN3O/c1-8-16-12(17-18-8)4-5-15-7-9-2-3-10(14)6-11(9)13/h2-3,6,15H,4-5,7H2,1H3. The number of nitrogens with zero attached hydrogens (tertiary/aromatic N) is 2. The van der Waals surface area contributed by atoms with Crippen LogP contribution in [0.3, 0.4) is 0 Å². The lowest BCUT2D eigenvalue weighted by Crippen LogP contribution is -2.17. The van der Waals surface area contributed by atoms with E-state index in [1.54, 1.807) is 13.0 Å². The van der Waals surface area contributed by atoms with Gasteiger partial charge in [0, 0.05) is 30.9 Å². The molecule has 2 aromatic rings. The number of benzene rings is 1. The van der Waals surface area contributed by atoms with Crippen LogP contribution in [0.4, 0.5) is 4.39 Å². The van der Waals surface area contributed by atoms with Crippen LogP contribution in [-0.4, -0.2) is 16.7 Å². The van der Waals surface area contributed by atoms with Crippen LogP contribution in [-0.2, 0) is 13.0 Å². The Labute approximate surface area is 113 Å². The first-order chi connectivity index (χ1) is 8.65. The van der Waals surface area contributed by atoms with Crippen molar-refractivity contribution in [3.63, 3.8) is 0 Å². The van der Waals surface area contributed by atoms with Crippen molar-refractivity contribution in [1.29, 1.82) is 0 Å². The van der Waals surface area contributed by atoms with Crippen molar-refractivity contribution in [3.05, 3.63) is 45.8 Å². The summed E-state index contributed by atoms with van der Waals surface area (Å²) in [6.45, 7) is 3.17. The zero-order valence-electron chi connectivity index (χ0n) is 9.91. The molecule has 96 valence electrons. The molecule has 0 fully saturated rings. The molecule has 0 aliphatic heterocycles. The molecular formula is C12H13BrFN3O. The summed E-state index contributed by atoms with van der Waals surface area (Å²) >= 11 is 3.33. The molecule has 0 spiro atoms. The molecule has 0 atom stereocenters. The Kier molecular flexibility index (Phi) is 4.43. The summed E-state index contributed by atoms with van der Waals surface area (Å²) in [6.07, 6.45) is 0.705. The number of hydrogen-bond donors (Lipinski definition) is 1. The smallest absolute Gasteiger partial charge is 0.223 e. The van der Waals surface area contributed by atoms with E-state index in [2.05, 4.69) is 31.4 Å². The van der Waals surface area contributed by atoms with Gasteiger partial charge in [-0.1, -0.05) is 27.2 Å². The Morgan fingerprint density at radius 2 is 2.28 bits per heavy atom. The van der Waals surface area contributed by atoms with E-state index in [4.69, 9.17) is 4.52 Å². The van der Waals surface area contributed by atoms with E-state index in [-0.39, 0.29) is 5.82 Å². The molecule has 1 heterocycles. The van der Waals surface area contributed by atoms with Gasteiger partial charge in [0.15, 0.2) is 5.82 Å². The Balaban J connectivity index is 1.78. The predicted octanol–water partition coefficient (Wildman–Crippen LogP) is 2.61. The largest absolute Gasteiger partial charge is 0.340 e. The lowest BCUT2D eigenvalue weighted by molar-refractivity contribution is 0.387. The van der Waals surface area contributed by atoms with Crippen LogP contribution in [0.1, 0.15) is 17.3 Å². The molecule has 0 unspecified atom stereocenters. The van der Waals surface area contributed by atoms with Gasteiger partial charge in [0.1, 0.15) is 5.82 Å². The van der Waals surface area contributed by atoms with Crippen LogP contribution in [0.15, 0.2) is 27.2 Å². The topological polar surface area (TPSA) is 51.0 Å². The van der Waals surface area contributed by atoms with Crippen molar-refractivity contribution >= 4 is 15.9 Å². The molecule has 6 heteroatoms. The summed E-state index contributed by atoms with van der Waals surface area (Å²) in [5, 5.41) is 7.05. The van der Waals surface area contributed by atoms with Gasteiger partial charge in [0.2, 0.25) is 5.89 Å². The van der Waals surface area contributed by atoms with Crippen LogP contribution in [0.2, 0.25) is 0 Å². The molecule has 0 saturated heterocycles. The van der Waals surface area contributed by atoms with E-state index in [0.29, 0.717) is 24.7 Å². The Morgan fingerprint density at radius 1 is 1.44 bits per heavy atom. The van der Waals surface area contributed by atoms with Crippen molar-refractivity contribution < 1.29 is 8.91 Å². The lowest BCUT2D eigenvalue weighted by atomic mass is 10.2. The summed E-state index contributed by atoms with van der Waals surface area (Å²) < 4.78 is 18.5. The van der Waals surface area contributed by atoms with Crippen LogP contribution in [0.25, 0.3) is 0 Å². The molecule has 1 aromatic carbocycles. The third kappa shape index (κ3) is 3.61. The normalized spacial score (nSPS) is 10.8. The predicted molar refractivity (Wildman–Crippen MR) is 68.5 cm³/mol. The van der Waals surface area contributed by atoms with Crippen LogP contribution >= 0.6 is 15.9 Å². The molecular weight excluding hydrogens is 301 g/mol. The fraction of sp³-hybridized carbons (Fsp3) is 0.333. The van der Waals surface area contributed by atoms with Crippen LogP contribution in [0.5, 0.6) is 0 Å². The maximum Gasteiger partial charge on any atom is 0.223 e. The summed E-state index contributed by atoms with van der Waals surface area (Å²) in [5.41, 5.74) is 1.01. The summed E-state index contributed by atoms with van der Waals surface area (Å²) in [4.78, 5) is 4.11. The molecule has 18 heavy (non-hydrogen) atoms. The highest BCUT2D eigenvalue weighted by atomic mass is 79.9. The zero-order chi connectivity index (χ0) is 13.0. The average Bonchev–Trinajstić information content (AvgIpc) is 2.73. The number of hydrogen-bond acceptors (Lipinski definition) is 4. The van der Waals surface area contributed by atoms with Crippen molar-refractivity contribution in [2.45, 2.75) is 19.9 Å². The summed E-state index contributed by atoms with van der Waals surface area (Å²) in [6, 6.07) is 4.66. The second kappa shape index (κ2) is 6.06. The molecule has 1 aromatic heterocycles. The third-order valence-electron chi connectivity index (χ3n) is 2.43. The monoisotopic (exact) mass is 313 g/mol. The van der Waals surface area contributed by atoms with Gasteiger partial charge in [0.25, 0.3) is 0 Å². The van der Waals surface area contributed by atoms with Gasteiger partial charge in [0.05, 0.1) is 0 Å². The molecule has 2 rings (SSSR count). The minimum absolute atomic E-state index is 0.243. The molecule has 0 bridgehead atoms. The number of halogens is 2. The fourth-order valence-electron chi connectivity index (χ4n) is 1.53. The van der Waals surface area contributed by atoms with E-state index in [0.717, 1.165) is 16.6 Å². The zero-order valence-corrected chi connectivity index (χ0v) is 11.5. The highest BCUT2D eigenvalue weighted by Crippen LogP contribution is 2.17. The van der Waals surface area contributed by atoms with Gasteiger partial charge in [-0.3, -0.25) is 0 Å². The van der Waals surface area contributed by atoms with Gasteiger partial charge in [-0.15, -0.1) is 0 Å². The SMILES string of the molecule is Cc1nc(CCNCc2ccc(F)cc2Br)no1. The van der Waals surface area contributed by atoms with Gasteiger partial charge >= 0.3 is 0 Å². The molecule has 0 saturated carbocycles. The van der Waals surface area contributed by atoms with Crippen LogP contribution < -0.4 is 5.32 Å². The summed E-state index contributed by atoms with van der Waals surface area (Å²) in [7, 11) is 0. The van der Waals surface area contributed by atoms with Gasteiger partial charge in [-0.2, -0.15) is 4.98 Å². The molecule has 4 nitrogen and oxygen atoms in total. The van der Waals surface area contributed by atoms with E-state index < -0.39 is 0 Å². The highest BCUT2D eigenvalue weighted by Gasteiger charge is 2.03. The number of aryl methyl sites for hydroxylation is 1. The van der Waals surface area contributed by atoms with Gasteiger partial charge in [-0.05, 0) is 17.7 Å². The summed E-state index contributed by atoms with van der Waals surface area (Å²) in [5.74, 6) is 1.03. The quantitative estimate of drug-likeness (QED) is 0.862. The minimum atomic E-state index is -0.243. The van der Waals surface area contributed by atoms with Gasteiger partial charge < -0.3 is 9.84 Å². The van der Waals surface area contributed by atoms with Crippen molar-refractivity contribution in [2.75, 3.05) is 6.54 Å². The van der Waals surface area contributed by atoms with Crippen molar-refractivity contribution in [2.24, 2.45) is 0 Å². The molecule has 0 aliphatic rings. The van der Waals surface area contributed by atoms with E-state index in [1.165, 1.54) is 12.1 Å². The number of rotatable bonds is 5. The molecule has 1 N–H and O–H groups in total. The van der Waals surface area contributed by atoms with E-state index in [1.807, 2.05) is 0 Å². The molecule has 0 aliphatic carbocycles. The van der Waals surface area contributed by atoms with E-state index in [9.17, 15) is 4.39 Å². The fourth-order valence-corrected chi connectivity index (χ4v) is 2.02.